The van der Waals surface area contributed by atoms with Crippen molar-refractivity contribution in [2.75, 3.05) is 6.26 Å². The number of nitrogens with zero attached hydrogens (tertiary/aromatic N) is 1. The first-order chi connectivity index (χ1) is 11.6. The second kappa shape index (κ2) is 7.42. The minimum absolute atomic E-state index is 0.119. The van der Waals surface area contributed by atoms with E-state index in [1.807, 2.05) is 36.8 Å². The summed E-state index contributed by atoms with van der Waals surface area (Å²) in [6, 6.07) is 12.5. The first kappa shape index (κ1) is 17.1. The molecule has 0 atom stereocenters. The van der Waals surface area contributed by atoms with Crippen LogP contribution in [-0.4, -0.2) is 17.1 Å². The Bertz CT molecular complexity index is 887. The number of amidine groups is 1. The minimum Gasteiger partial charge on any atom is -0.383 e. The van der Waals surface area contributed by atoms with E-state index in [-0.39, 0.29) is 5.84 Å². The van der Waals surface area contributed by atoms with Crippen molar-refractivity contribution in [1.29, 1.82) is 5.41 Å². The lowest BCUT2D eigenvalue weighted by Gasteiger charge is -2.07. The van der Waals surface area contributed by atoms with Gasteiger partial charge in [-0.05, 0) is 36.4 Å². The molecule has 0 radical (unpaired) electrons. The third kappa shape index (κ3) is 3.66. The molecule has 3 N–H and O–H groups in total. The summed E-state index contributed by atoms with van der Waals surface area (Å²) in [5, 5.41) is 7.63. The van der Waals surface area contributed by atoms with Crippen LogP contribution in [-0.2, 0) is 0 Å². The second-order valence-electron chi connectivity index (χ2n) is 5.21. The largest absolute Gasteiger partial charge is 0.383 e. The third-order valence-corrected chi connectivity index (χ3v) is 7.08. The molecular formula is C18H17N3S3. The average molecular weight is 372 g/mol. The molecule has 3 nitrogen and oxygen atoms in total. The van der Waals surface area contributed by atoms with Crippen LogP contribution < -0.4 is 5.73 Å². The van der Waals surface area contributed by atoms with Gasteiger partial charge < -0.3 is 5.73 Å². The molecule has 0 aliphatic rings. The molecule has 122 valence electrons. The third-order valence-electron chi connectivity index (χ3n) is 3.51. The zero-order chi connectivity index (χ0) is 17.1. The summed E-state index contributed by atoms with van der Waals surface area (Å²) in [7, 11) is 0. The Morgan fingerprint density at radius 2 is 2.00 bits per heavy atom. The summed E-state index contributed by atoms with van der Waals surface area (Å²) >= 11 is 4.91. The van der Waals surface area contributed by atoms with Crippen LogP contribution in [0.15, 0.2) is 62.8 Å². The monoisotopic (exact) mass is 371 g/mol. The van der Waals surface area contributed by atoms with Gasteiger partial charge in [0.2, 0.25) is 0 Å². The van der Waals surface area contributed by atoms with Crippen LogP contribution >= 0.6 is 34.9 Å². The zero-order valence-corrected chi connectivity index (χ0v) is 15.8. The van der Waals surface area contributed by atoms with Gasteiger partial charge in [-0.25, -0.2) is 0 Å². The fourth-order valence-electron chi connectivity index (χ4n) is 2.35. The summed E-state index contributed by atoms with van der Waals surface area (Å²) in [6.45, 7) is 2.11. The molecule has 0 unspecified atom stereocenters. The highest BCUT2D eigenvalue weighted by Crippen LogP contribution is 2.41. The van der Waals surface area contributed by atoms with Crippen molar-refractivity contribution in [2.45, 2.75) is 20.9 Å². The Labute approximate surface area is 154 Å². The summed E-state index contributed by atoms with van der Waals surface area (Å²) in [5.74, 6) is 0.119. The van der Waals surface area contributed by atoms with Gasteiger partial charge in [-0.3, -0.25) is 10.4 Å². The topological polar surface area (TPSA) is 62.8 Å². The fourth-order valence-corrected chi connectivity index (χ4v) is 5.37. The van der Waals surface area contributed by atoms with Crippen molar-refractivity contribution in [3.05, 3.63) is 59.2 Å². The number of thiophene rings is 1. The van der Waals surface area contributed by atoms with Crippen molar-refractivity contribution in [1.82, 2.24) is 4.98 Å². The predicted octanol–water partition coefficient (Wildman–Crippen LogP) is 5.28. The number of pyridine rings is 1. The highest BCUT2D eigenvalue weighted by atomic mass is 32.2. The quantitative estimate of drug-likeness (QED) is 0.364. The number of nitrogens with one attached hydrogen (secondary N) is 1. The van der Waals surface area contributed by atoms with Gasteiger partial charge in [0.15, 0.2) is 0 Å². The van der Waals surface area contributed by atoms with Gasteiger partial charge in [0.1, 0.15) is 5.84 Å². The molecular weight excluding hydrogens is 354 g/mol. The number of aryl methyl sites for hydroxylation is 1. The van der Waals surface area contributed by atoms with Crippen LogP contribution in [0.1, 0.15) is 10.4 Å². The molecule has 24 heavy (non-hydrogen) atoms. The Morgan fingerprint density at radius 3 is 2.71 bits per heavy atom. The first-order valence-corrected chi connectivity index (χ1v) is 10.2. The van der Waals surface area contributed by atoms with E-state index in [1.165, 1.54) is 15.3 Å². The van der Waals surface area contributed by atoms with Crippen LogP contribution in [0.2, 0.25) is 0 Å². The molecule has 0 fully saturated rings. The molecule has 0 bridgehead atoms. The van der Waals surface area contributed by atoms with E-state index in [1.54, 1.807) is 34.9 Å². The molecule has 0 aliphatic heterocycles. The van der Waals surface area contributed by atoms with Gasteiger partial charge >= 0.3 is 0 Å². The van der Waals surface area contributed by atoms with E-state index in [9.17, 15) is 0 Å². The minimum atomic E-state index is 0.119. The fraction of sp³-hybridized carbons (Fsp3) is 0.111. The second-order valence-corrected chi connectivity index (χ2v) is 8.45. The number of hydrogen-bond donors (Lipinski definition) is 2. The van der Waals surface area contributed by atoms with Crippen molar-refractivity contribution < 1.29 is 0 Å². The van der Waals surface area contributed by atoms with E-state index >= 15 is 0 Å². The van der Waals surface area contributed by atoms with Crippen LogP contribution in [0, 0.1) is 12.3 Å². The molecule has 0 spiro atoms. The van der Waals surface area contributed by atoms with Gasteiger partial charge in [-0.1, -0.05) is 36.0 Å². The highest BCUT2D eigenvalue weighted by molar-refractivity contribution is 8.03. The summed E-state index contributed by atoms with van der Waals surface area (Å²) in [5.41, 5.74) is 9.18. The normalized spacial score (nSPS) is 10.8. The Hall–Kier alpha value is -1.76. The average Bonchev–Trinajstić information content (AvgIpc) is 2.99. The summed E-state index contributed by atoms with van der Waals surface area (Å²) in [4.78, 5) is 7.42. The maximum atomic E-state index is 7.63. The van der Waals surface area contributed by atoms with Gasteiger partial charge in [-0.15, -0.1) is 23.1 Å². The molecule has 3 aromatic rings. The molecule has 1 aromatic carbocycles. The standard InChI is InChI=1S/C18H17N3S3/c1-11-5-3-4-6-14(11)12-7-13(10-21-9-12)23-16-8-15(17(19)20)24-18(16)22-2/h3-10H,1-2H3,(H3,19,20). The maximum absolute atomic E-state index is 7.63. The SMILES string of the molecule is CSc1sc(C(=N)N)cc1Sc1cncc(-c2ccccc2C)c1. The van der Waals surface area contributed by atoms with Crippen LogP contribution in [0.25, 0.3) is 11.1 Å². The lowest BCUT2D eigenvalue weighted by molar-refractivity contribution is 1.23. The number of hydrogen-bond acceptors (Lipinski definition) is 5. The molecule has 0 aliphatic carbocycles. The summed E-state index contributed by atoms with van der Waals surface area (Å²) < 4.78 is 1.17. The van der Waals surface area contributed by atoms with E-state index < -0.39 is 0 Å². The van der Waals surface area contributed by atoms with Crippen molar-refractivity contribution >= 4 is 40.7 Å². The Morgan fingerprint density at radius 1 is 1.21 bits per heavy atom. The molecule has 2 heterocycles. The lowest BCUT2D eigenvalue weighted by Crippen LogP contribution is -2.08. The zero-order valence-electron chi connectivity index (χ0n) is 13.4. The smallest absolute Gasteiger partial charge is 0.133 e. The summed E-state index contributed by atoms with van der Waals surface area (Å²) in [6.07, 6.45) is 5.82. The van der Waals surface area contributed by atoms with Crippen LogP contribution in [0.5, 0.6) is 0 Å². The Balaban J connectivity index is 1.93. The van der Waals surface area contributed by atoms with Crippen molar-refractivity contribution in [3.8, 4) is 11.1 Å². The van der Waals surface area contributed by atoms with Crippen molar-refractivity contribution in [2.24, 2.45) is 5.73 Å². The van der Waals surface area contributed by atoms with E-state index in [4.69, 9.17) is 11.1 Å². The number of rotatable bonds is 5. The van der Waals surface area contributed by atoms with E-state index in [0.717, 1.165) is 20.2 Å². The highest BCUT2D eigenvalue weighted by Gasteiger charge is 2.12. The number of aromatic nitrogens is 1. The maximum Gasteiger partial charge on any atom is 0.133 e. The number of thioether (sulfide) groups is 1. The predicted molar refractivity (Wildman–Crippen MR) is 106 cm³/mol. The molecule has 6 heteroatoms. The van der Waals surface area contributed by atoms with Gasteiger partial charge in [-0.2, -0.15) is 0 Å². The molecule has 0 amide bonds. The van der Waals surface area contributed by atoms with Crippen LogP contribution in [0.3, 0.4) is 0 Å². The molecule has 2 aromatic heterocycles. The number of benzene rings is 1. The molecule has 0 saturated heterocycles. The van der Waals surface area contributed by atoms with Crippen molar-refractivity contribution in [3.63, 3.8) is 0 Å². The molecule has 0 saturated carbocycles. The number of nitrogens with two attached hydrogens (primary N) is 1. The van der Waals surface area contributed by atoms with Gasteiger partial charge in [0.25, 0.3) is 0 Å². The Kier molecular flexibility index (Phi) is 5.28. The lowest BCUT2D eigenvalue weighted by atomic mass is 10.0. The number of nitrogen functional groups attached to an aromatic ring is 1. The van der Waals surface area contributed by atoms with E-state index in [0.29, 0.717) is 0 Å². The molecule has 3 rings (SSSR count). The van der Waals surface area contributed by atoms with E-state index in [2.05, 4.69) is 30.1 Å². The van der Waals surface area contributed by atoms with Crippen LogP contribution in [0.4, 0.5) is 0 Å². The first-order valence-electron chi connectivity index (χ1n) is 7.29. The van der Waals surface area contributed by atoms with Gasteiger partial charge in [0, 0.05) is 27.7 Å². The van der Waals surface area contributed by atoms with Gasteiger partial charge in [0.05, 0.1) is 9.09 Å².